The van der Waals surface area contributed by atoms with Crippen LogP contribution in [0.3, 0.4) is 0 Å². The van der Waals surface area contributed by atoms with E-state index < -0.39 is 5.97 Å². The number of hydrogen-bond donors (Lipinski definition) is 2. The van der Waals surface area contributed by atoms with Gasteiger partial charge in [0.05, 0.1) is 0 Å². The molecule has 1 amide bonds. The van der Waals surface area contributed by atoms with Gasteiger partial charge >= 0.3 is 5.97 Å². The first kappa shape index (κ1) is 17.2. The van der Waals surface area contributed by atoms with Crippen LogP contribution in [0.5, 0.6) is 0 Å². The lowest BCUT2D eigenvalue weighted by molar-refractivity contribution is -0.131. The summed E-state index contributed by atoms with van der Waals surface area (Å²) in [5.74, 6) is -1.23. The number of anilines is 1. The van der Waals surface area contributed by atoms with Crippen LogP contribution in [0.1, 0.15) is 15.9 Å². The first-order chi connectivity index (χ1) is 12.6. The van der Waals surface area contributed by atoms with E-state index in [4.69, 9.17) is 5.11 Å². The first-order valence-electron chi connectivity index (χ1n) is 8.10. The number of amides is 1. The summed E-state index contributed by atoms with van der Waals surface area (Å²) in [5, 5.41) is 11.5. The molecule has 4 nitrogen and oxygen atoms in total. The molecule has 0 spiro atoms. The molecule has 0 aliphatic carbocycles. The predicted molar refractivity (Wildman–Crippen MR) is 103 cm³/mol. The number of nitrogens with one attached hydrogen (secondary N) is 1. The Morgan fingerprint density at radius 1 is 0.808 bits per heavy atom. The lowest BCUT2D eigenvalue weighted by Gasteiger charge is -2.07. The second kappa shape index (κ2) is 7.94. The molecule has 0 aliphatic rings. The minimum absolute atomic E-state index is 0.219. The Bertz CT molecular complexity index is 945. The van der Waals surface area contributed by atoms with Gasteiger partial charge in [-0.05, 0) is 47.0 Å². The van der Waals surface area contributed by atoms with E-state index in [2.05, 4.69) is 5.32 Å². The molecule has 0 heterocycles. The van der Waals surface area contributed by atoms with Crippen LogP contribution in [0.4, 0.5) is 5.69 Å². The van der Waals surface area contributed by atoms with Crippen LogP contribution >= 0.6 is 0 Å². The van der Waals surface area contributed by atoms with E-state index in [1.807, 2.05) is 42.5 Å². The zero-order valence-electron chi connectivity index (χ0n) is 13.9. The summed E-state index contributed by atoms with van der Waals surface area (Å²) in [6.45, 7) is 0. The van der Waals surface area contributed by atoms with Gasteiger partial charge in [0.25, 0.3) is 5.91 Å². The fourth-order valence-electron chi connectivity index (χ4n) is 2.54. The molecule has 0 aromatic heterocycles. The molecule has 0 saturated heterocycles. The highest BCUT2D eigenvalue weighted by Gasteiger charge is 2.07. The molecule has 128 valence electrons. The first-order valence-corrected chi connectivity index (χ1v) is 8.10. The van der Waals surface area contributed by atoms with Gasteiger partial charge in [0.2, 0.25) is 0 Å². The molecular formula is C22H17NO3. The third-order valence-electron chi connectivity index (χ3n) is 3.82. The van der Waals surface area contributed by atoms with E-state index in [0.29, 0.717) is 16.8 Å². The number of aliphatic carboxylic acids is 1. The van der Waals surface area contributed by atoms with Crippen molar-refractivity contribution < 1.29 is 14.7 Å². The van der Waals surface area contributed by atoms with Crippen LogP contribution in [-0.2, 0) is 4.79 Å². The summed E-state index contributed by atoms with van der Waals surface area (Å²) in [6.07, 6.45) is 2.54. The summed E-state index contributed by atoms with van der Waals surface area (Å²) in [6, 6.07) is 24.3. The van der Waals surface area contributed by atoms with Gasteiger partial charge in [0.15, 0.2) is 0 Å². The van der Waals surface area contributed by atoms with Gasteiger partial charge in [-0.25, -0.2) is 4.79 Å². The topological polar surface area (TPSA) is 66.4 Å². The molecule has 3 aromatic carbocycles. The number of carbonyl (C=O) groups is 2. The lowest BCUT2D eigenvalue weighted by Crippen LogP contribution is -2.11. The third-order valence-corrected chi connectivity index (χ3v) is 3.82. The summed E-state index contributed by atoms with van der Waals surface area (Å²) in [7, 11) is 0. The number of benzene rings is 3. The Morgan fingerprint density at radius 3 is 2.19 bits per heavy atom. The van der Waals surface area contributed by atoms with Gasteiger partial charge < -0.3 is 10.4 Å². The van der Waals surface area contributed by atoms with Gasteiger partial charge in [-0.2, -0.15) is 0 Å². The number of carboxylic acids is 1. The highest BCUT2D eigenvalue weighted by atomic mass is 16.4. The van der Waals surface area contributed by atoms with Gasteiger partial charge in [-0.3, -0.25) is 4.79 Å². The van der Waals surface area contributed by atoms with E-state index in [9.17, 15) is 9.59 Å². The average molecular weight is 343 g/mol. The molecule has 0 unspecified atom stereocenters. The fourth-order valence-corrected chi connectivity index (χ4v) is 2.54. The van der Waals surface area contributed by atoms with E-state index in [1.54, 1.807) is 36.4 Å². The molecule has 0 fully saturated rings. The predicted octanol–water partition coefficient (Wildman–Crippen LogP) is 4.70. The molecule has 3 rings (SSSR count). The largest absolute Gasteiger partial charge is 0.478 e. The normalized spacial score (nSPS) is 10.6. The molecule has 0 bridgehead atoms. The minimum atomic E-state index is -1.02. The van der Waals surface area contributed by atoms with Crippen molar-refractivity contribution in [1.82, 2.24) is 0 Å². The highest BCUT2D eigenvalue weighted by Crippen LogP contribution is 2.20. The monoisotopic (exact) mass is 343 g/mol. The lowest BCUT2D eigenvalue weighted by atomic mass is 10.0. The zero-order valence-corrected chi connectivity index (χ0v) is 13.9. The van der Waals surface area contributed by atoms with E-state index in [-0.39, 0.29) is 5.91 Å². The average Bonchev–Trinajstić information content (AvgIpc) is 2.67. The molecule has 2 N–H and O–H groups in total. The van der Waals surface area contributed by atoms with Crippen LogP contribution < -0.4 is 5.32 Å². The summed E-state index contributed by atoms with van der Waals surface area (Å²) in [4.78, 5) is 23.0. The van der Waals surface area contributed by atoms with Crippen molar-refractivity contribution in [1.29, 1.82) is 0 Å². The quantitative estimate of drug-likeness (QED) is 0.660. The van der Waals surface area contributed by atoms with E-state index >= 15 is 0 Å². The Kier molecular flexibility index (Phi) is 5.25. The van der Waals surface area contributed by atoms with Crippen molar-refractivity contribution in [2.45, 2.75) is 0 Å². The maximum Gasteiger partial charge on any atom is 0.328 e. The zero-order chi connectivity index (χ0) is 18.4. The molecule has 26 heavy (non-hydrogen) atoms. The van der Waals surface area contributed by atoms with Crippen molar-refractivity contribution in [3.05, 3.63) is 96.1 Å². The highest BCUT2D eigenvalue weighted by molar-refractivity contribution is 6.04. The second-order valence-corrected chi connectivity index (χ2v) is 5.69. The van der Waals surface area contributed by atoms with Gasteiger partial charge in [0.1, 0.15) is 0 Å². The standard InChI is InChI=1S/C22H17NO3/c24-21(25)14-9-16-5-4-8-20(15-16)23-22(26)19-12-10-18(11-13-19)17-6-2-1-3-7-17/h1-15H,(H,23,26)(H,24,25)/b14-9+. The van der Waals surface area contributed by atoms with Gasteiger partial charge in [0, 0.05) is 17.3 Å². The number of carbonyl (C=O) groups excluding carboxylic acids is 1. The molecule has 0 aliphatic heterocycles. The van der Waals surface area contributed by atoms with Crippen LogP contribution in [0.25, 0.3) is 17.2 Å². The second-order valence-electron chi connectivity index (χ2n) is 5.69. The van der Waals surface area contributed by atoms with Crippen LogP contribution in [0.2, 0.25) is 0 Å². The molecule has 4 heteroatoms. The van der Waals surface area contributed by atoms with E-state index in [1.165, 1.54) is 6.08 Å². The van der Waals surface area contributed by atoms with Crippen molar-refractivity contribution in [3.8, 4) is 11.1 Å². The Labute approximate surface area is 151 Å². The maximum absolute atomic E-state index is 12.4. The Hall–Kier alpha value is -3.66. The SMILES string of the molecule is O=C(O)/C=C/c1cccc(NC(=O)c2ccc(-c3ccccc3)cc2)c1. The van der Waals surface area contributed by atoms with E-state index in [0.717, 1.165) is 17.2 Å². The molecule has 3 aromatic rings. The van der Waals surface area contributed by atoms with Gasteiger partial charge in [-0.15, -0.1) is 0 Å². The van der Waals surface area contributed by atoms with Crippen molar-refractivity contribution in [2.24, 2.45) is 0 Å². The molecular weight excluding hydrogens is 326 g/mol. The van der Waals surface area contributed by atoms with Crippen LogP contribution in [0.15, 0.2) is 84.9 Å². The summed E-state index contributed by atoms with van der Waals surface area (Å²) < 4.78 is 0. The third kappa shape index (κ3) is 4.45. The van der Waals surface area contributed by atoms with Crippen molar-refractivity contribution >= 4 is 23.6 Å². The maximum atomic E-state index is 12.4. The summed E-state index contributed by atoms with van der Waals surface area (Å²) in [5.41, 5.74) is 4.00. The van der Waals surface area contributed by atoms with Gasteiger partial charge in [-0.1, -0.05) is 54.6 Å². The van der Waals surface area contributed by atoms with Crippen LogP contribution in [-0.4, -0.2) is 17.0 Å². The van der Waals surface area contributed by atoms with Crippen molar-refractivity contribution in [2.75, 3.05) is 5.32 Å². The fraction of sp³-hybridized carbons (Fsp3) is 0. The Morgan fingerprint density at radius 2 is 1.50 bits per heavy atom. The number of hydrogen-bond acceptors (Lipinski definition) is 2. The number of rotatable bonds is 5. The smallest absolute Gasteiger partial charge is 0.328 e. The van der Waals surface area contributed by atoms with Crippen molar-refractivity contribution in [3.63, 3.8) is 0 Å². The molecule has 0 atom stereocenters. The minimum Gasteiger partial charge on any atom is -0.478 e. The van der Waals surface area contributed by atoms with Crippen LogP contribution in [0, 0.1) is 0 Å². The summed E-state index contributed by atoms with van der Waals surface area (Å²) >= 11 is 0. The number of carboxylic acid groups (broad SMARTS) is 1. The molecule has 0 radical (unpaired) electrons. The molecule has 0 saturated carbocycles. The Balaban J connectivity index is 1.72.